The number of rotatable bonds is 7. The summed E-state index contributed by atoms with van der Waals surface area (Å²) >= 11 is 11.9. The highest BCUT2D eigenvalue weighted by molar-refractivity contribution is 7.94. The topological polar surface area (TPSA) is 83.6 Å². The van der Waals surface area contributed by atoms with Crippen LogP contribution in [0.2, 0.25) is 10.0 Å². The molecular weight excluding hydrogens is 399 g/mol. The molecule has 1 aromatic rings. The molecule has 1 N–H and O–H groups in total. The molecule has 6 nitrogen and oxygen atoms in total. The predicted octanol–water partition coefficient (Wildman–Crippen LogP) is 3.12. The zero-order valence-corrected chi connectivity index (χ0v) is 16.6. The Morgan fingerprint density at radius 1 is 1.31 bits per heavy atom. The highest BCUT2D eigenvalue weighted by Crippen LogP contribution is 2.25. The third kappa shape index (κ3) is 6.00. The van der Waals surface area contributed by atoms with Gasteiger partial charge in [0.1, 0.15) is 0 Å². The van der Waals surface area contributed by atoms with E-state index in [9.17, 15) is 18.0 Å². The van der Waals surface area contributed by atoms with Crippen molar-refractivity contribution >= 4 is 50.5 Å². The lowest BCUT2D eigenvalue weighted by atomic mass is 10.1. The molecule has 0 spiro atoms. The van der Waals surface area contributed by atoms with Crippen molar-refractivity contribution in [1.82, 2.24) is 4.90 Å². The van der Waals surface area contributed by atoms with Gasteiger partial charge in [0.15, 0.2) is 9.84 Å². The van der Waals surface area contributed by atoms with Crippen LogP contribution in [0.25, 0.3) is 0 Å². The summed E-state index contributed by atoms with van der Waals surface area (Å²) in [7, 11) is -3.21. The number of benzene rings is 1. The van der Waals surface area contributed by atoms with E-state index in [0.717, 1.165) is 5.41 Å². The minimum absolute atomic E-state index is 0.0565. The Hall–Kier alpha value is -1.57. The van der Waals surface area contributed by atoms with Crippen LogP contribution >= 0.6 is 23.2 Å². The predicted molar refractivity (Wildman–Crippen MR) is 103 cm³/mol. The summed E-state index contributed by atoms with van der Waals surface area (Å²) < 4.78 is 22.9. The molecule has 26 heavy (non-hydrogen) atoms. The van der Waals surface area contributed by atoms with Gasteiger partial charge >= 0.3 is 0 Å². The number of nitrogens with one attached hydrogen (secondary N) is 1. The summed E-state index contributed by atoms with van der Waals surface area (Å²) in [6, 6.07) is 4.71. The van der Waals surface area contributed by atoms with E-state index < -0.39 is 15.7 Å². The molecule has 0 bridgehead atoms. The fourth-order valence-electron chi connectivity index (χ4n) is 2.64. The minimum atomic E-state index is -3.21. The molecule has 0 fully saturated rings. The largest absolute Gasteiger partial charge is 0.333 e. The van der Waals surface area contributed by atoms with Gasteiger partial charge in [-0.15, -0.1) is 0 Å². The molecule has 1 heterocycles. The summed E-state index contributed by atoms with van der Waals surface area (Å²) in [5.41, 5.74) is 0.373. The average molecular weight is 419 g/mol. The van der Waals surface area contributed by atoms with E-state index in [1.54, 1.807) is 12.1 Å². The van der Waals surface area contributed by atoms with Gasteiger partial charge in [-0.1, -0.05) is 36.2 Å². The Kier molecular flexibility index (Phi) is 7.08. The average Bonchev–Trinajstić information content (AvgIpc) is 2.89. The van der Waals surface area contributed by atoms with Crippen molar-refractivity contribution in [2.45, 2.75) is 19.8 Å². The number of carbonyl (C=O) groups is 2. The second kappa shape index (κ2) is 8.88. The fraction of sp³-hybridized carbons (Fsp3) is 0.412. The lowest BCUT2D eigenvalue weighted by molar-refractivity contribution is -0.135. The van der Waals surface area contributed by atoms with E-state index in [2.05, 4.69) is 5.32 Å². The first-order valence-corrected chi connectivity index (χ1v) is 10.6. The number of sulfone groups is 1. The van der Waals surface area contributed by atoms with E-state index >= 15 is 0 Å². The van der Waals surface area contributed by atoms with E-state index in [-0.39, 0.29) is 30.5 Å². The van der Waals surface area contributed by atoms with Crippen LogP contribution in [0.1, 0.15) is 19.8 Å². The Morgan fingerprint density at radius 3 is 2.65 bits per heavy atom. The Bertz CT molecular complexity index is 824. The molecule has 142 valence electrons. The Labute approximate surface area is 163 Å². The standard InChI is InChI=1S/C17H20Cl2N2O4S/c1-2-6-21(17(23)8-12-5-7-26(24,25)11-12)10-16(22)20-15-9-13(18)3-4-14(15)19/h3-5,7,9,12H,2,6,8,10-11H2,1H3,(H,20,22). The van der Waals surface area contributed by atoms with Gasteiger partial charge in [0, 0.05) is 29.3 Å². The van der Waals surface area contributed by atoms with Crippen molar-refractivity contribution in [2.75, 3.05) is 24.2 Å². The molecule has 0 saturated carbocycles. The third-order valence-corrected chi connectivity index (χ3v) is 5.85. The SMILES string of the molecule is CCCN(CC(=O)Nc1cc(Cl)ccc1Cl)C(=O)CC1C=CS(=O)(=O)C1. The van der Waals surface area contributed by atoms with Gasteiger partial charge in [-0.05, 0) is 24.6 Å². The molecule has 1 atom stereocenters. The summed E-state index contributed by atoms with van der Waals surface area (Å²) in [5, 5.41) is 4.56. The van der Waals surface area contributed by atoms with Gasteiger partial charge in [0.2, 0.25) is 11.8 Å². The molecule has 0 radical (unpaired) electrons. The molecule has 9 heteroatoms. The monoisotopic (exact) mass is 418 g/mol. The van der Waals surface area contributed by atoms with Crippen LogP contribution in [-0.4, -0.2) is 44.0 Å². The van der Waals surface area contributed by atoms with Crippen LogP contribution in [0, 0.1) is 5.92 Å². The molecule has 0 saturated heterocycles. The lowest BCUT2D eigenvalue weighted by Crippen LogP contribution is -2.39. The number of allylic oxidation sites excluding steroid dienone is 1. The van der Waals surface area contributed by atoms with Gasteiger partial charge in [-0.3, -0.25) is 9.59 Å². The molecule has 0 aliphatic carbocycles. The van der Waals surface area contributed by atoms with Crippen LogP contribution in [0.4, 0.5) is 5.69 Å². The van der Waals surface area contributed by atoms with Crippen LogP contribution in [-0.2, 0) is 19.4 Å². The number of hydrogen-bond donors (Lipinski definition) is 1. The third-order valence-electron chi connectivity index (χ3n) is 3.82. The van der Waals surface area contributed by atoms with E-state index in [1.807, 2.05) is 6.92 Å². The van der Waals surface area contributed by atoms with E-state index in [1.165, 1.54) is 17.0 Å². The first kappa shape index (κ1) is 20.7. The van der Waals surface area contributed by atoms with Crippen molar-refractivity contribution in [3.63, 3.8) is 0 Å². The molecule has 1 unspecified atom stereocenters. The Morgan fingerprint density at radius 2 is 2.04 bits per heavy atom. The van der Waals surface area contributed by atoms with Gasteiger partial charge < -0.3 is 10.2 Å². The van der Waals surface area contributed by atoms with Crippen LogP contribution in [0.5, 0.6) is 0 Å². The highest BCUT2D eigenvalue weighted by Gasteiger charge is 2.26. The maximum absolute atomic E-state index is 12.5. The number of halogens is 2. The van der Waals surface area contributed by atoms with Crippen LogP contribution in [0.15, 0.2) is 29.7 Å². The summed E-state index contributed by atoms with van der Waals surface area (Å²) in [6.45, 7) is 2.16. The van der Waals surface area contributed by atoms with Gasteiger partial charge in [-0.2, -0.15) is 0 Å². The maximum atomic E-state index is 12.5. The van der Waals surface area contributed by atoms with Crippen molar-refractivity contribution in [2.24, 2.45) is 5.92 Å². The second-order valence-electron chi connectivity index (χ2n) is 6.11. The summed E-state index contributed by atoms with van der Waals surface area (Å²) in [6.07, 6.45) is 2.26. The van der Waals surface area contributed by atoms with Gasteiger partial charge in [0.05, 0.1) is 23.0 Å². The number of anilines is 1. The number of amides is 2. The first-order valence-electron chi connectivity index (χ1n) is 8.14. The van der Waals surface area contributed by atoms with Crippen LogP contribution < -0.4 is 5.32 Å². The number of nitrogens with zero attached hydrogens (tertiary/aromatic N) is 1. The normalized spacial score (nSPS) is 17.9. The van der Waals surface area contributed by atoms with E-state index in [0.29, 0.717) is 28.7 Å². The van der Waals surface area contributed by atoms with Gasteiger partial charge in [0.25, 0.3) is 0 Å². The van der Waals surface area contributed by atoms with Crippen LogP contribution in [0.3, 0.4) is 0 Å². The zero-order chi connectivity index (χ0) is 19.3. The molecular formula is C17H20Cl2N2O4S. The molecule has 1 aliphatic heterocycles. The smallest absolute Gasteiger partial charge is 0.244 e. The van der Waals surface area contributed by atoms with Crippen molar-refractivity contribution in [3.8, 4) is 0 Å². The molecule has 0 aromatic heterocycles. The second-order valence-corrected chi connectivity index (χ2v) is 8.88. The van der Waals surface area contributed by atoms with Crippen molar-refractivity contribution in [3.05, 3.63) is 39.7 Å². The van der Waals surface area contributed by atoms with Crippen molar-refractivity contribution < 1.29 is 18.0 Å². The van der Waals surface area contributed by atoms with Crippen molar-refractivity contribution in [1.29, 1.82) is 0 Å². The van der Waals surface area contributed by atoms with E-state index in [4.69, 9.17) is 23.2 Å². The number of carbonyl (C=O) groups excluding carboxylic acids is 2. The molecule has 2 amide bonds. The Balaban J connectivity index is 1.98. The molecule has 1 aliphatic rings. The first-order chi connectivity index (χ1) is 12.2. The lowest BCUT2D eigenvalue weighted by Gasteiger charge is -2.23. The summed E-state index contributed by atoms with van der Waals surface area (Å²) in [5.74, 6) is -1.07. The maximum Gasteiger partial charge on any atom is 0.244 e. The number of hydrogen-bond acceptors (Lipinski definition) is 4. The summed E-state index contributed by atoms with van der Waals surface area (Å²) in [4.78, 5) is 26.2. The molecule has 2 rings (SSSR count). The fourth-order valence-corrected chi connectivity index (χ4v) is 4.37. The highest BCUT2D eigenvalue weighted by atomic mass is 35.5. The van der Waals surface area contributed by atoms with Gasteiger partial charge in [-0.25, -0.2) is 8.42 Å². The molecule has 1 aromatic carbocycles. The zero-order valence-electron chi connectivity index (χ0n) is 14.2. The minimum Gasteiger partial charge on any atom is -0.333 e. The quantitative estimate of drug-likeness (QED) is 0.736.